The first-order valence-corrected chi connectivity index (χ1v) is 7.56. The standard InChI is InChI=1S/C15H16O2.2C3H6/c1-15(2,11-3-7-13(16)8-4-11)12-5-9-14(17)10-6-12;2*1-3-2/h3-10,16-17H,1-2H3;2*3H,1H2,2H3. The molecule has 0 bridgehead atoms. The maximum absolute atomic E-state index is 9.30. The molecule has 2 N–H and O–H groups in total. The fourth-order valence-corrected chi connectivity index (χ4v) is 1.92. The predicted octanol–water partition coefficient (Wildman–Crippen LogP) is 5.81. The van der Waals surface area contributed by atoms with E-state index in [9.17, 15) is 10.2 Å². The zero-order valence-electron chi connectivity index (χ0n) is 14.6. The highest BCUT2D eigenvalue weighted by Crippen LogP contribution is 2.32. The van der Waals surface area contributed by atoms with Crippen molar-refractivity contribution in [2.24, 2.45) is 0 Å². The maximum atomic E-state index is 9.30. The molecule has 0 atom stereocenters. The van der Waals surface area contributed by atoms with Crippen LogP contribution in [0.25, 0.3) is 0 Å². The van der Waals surface area contributed by atoms with E-state index in [0.717, 1.165) is 11.1 Å². The van der Waals surface area contributed by atoms with Crippen LogP contribution >= 0.6 is 0 Å². The van der Waals surface area contributed by atoms with E-state index in [4.69, 9.17) is 0 Å². The number of benzene rings is 2. The Morgan fingerprint density at radius 2 is 0.913 bits per heavy atom. The van der Waals surface area contributed by atoms with Gasteiger partial charge in [-0.1, -0.05) is 50.3 Å². The molecule has 2 rings (SSSR count). The van der Waals surface area contributed by atoms with Crippen LogP contribution in [0.5, 0.6) is 11.5 Å². The Kier molecular flexibility index (Phi) is 9.17. The lowest BCUT2D eigenvalue weighted by Gasteiger charge is -2.26. The summed E-state index contributed by atoms with van der Waals surface area (Å²) in [6.45, 7) is 14.7. The molecule has 2 aromatic rings. The van der Waals surface area contributed by atoms with Crippen LogP contribution in [0.1, 0.15) is 38.8 Å². The number of aromatic hydroxyl groups is 2. The quantitative estimate of drug-likeness (QED) is 0.687. The van der Waals surface area contributed by atoms with E-state index in [-0.39, 0.29) is 16.9 Å². The van der Waals surface area contributed by atoms with Crippen LogP contribution in [0.3, 0.4) is 0 Å². The van der Waals surface area contributed by atoms with Gasteiger partial charge in [-0.3, -0.25) is 0 Å². The lowest BCUT2D eigenvalue weighted by molar-refractivity contribution is 0.474. The summed E-state index contributed by atoms with van der Waals surface area (Å²) in [7, 11) is 0. The minimum absolute atomic E-state index is 0.151. The Morgan fingerprint density at radius 1 is 0.696 bits per heavy atom. The Morgan fingerprint density at radius 3 is 1.13 bits per heavy atom. The highest BCUT2D eigenvalue weighted by molar-refractivity contribution is 5.41. The molecule has 0 radical (unpaired) electrons. The average molecular weight is 312 g/mol. The molecule has 2 nitrogen and oxygen atoms in total. The van der Waals surface area contributed by atoms with Crippen molar-refractivity contribution in [3.05, 3.63) is 85.0 Å². The summed E-state index contributed by atoms with van der Waals surface area (Å²) in [5.41, 5.74) is 2.10. The van der Waals surface area contributed by atoms with Gasteiger partial charge in [0.2, 0.25) is 0 Å². The third-order valence-corrected chi connectivity index (χ3v) is 3.18. The van der Waals surface area contributed by atoms with Crippen LogP contribution in [0.2, 0.25) is 0 Å². The third kappa shape index (κ3) is 6.88. The van der Waals surface area contributed by atoms with Gasteiger partial charge in [-0.15, -0.1) is 13.2 Å². The summed E-state index contributed by atoms with van der Waals surface area (Å²) in [4.78, 5) is 0. The summed E-state index contributed by atoms with van der Waals surface area (Å²) in [6, 6.07) is 14.4. The number of phenolic OH excluding ortho intramolecular Hbond substituents is 2. The summed E-state index contributed by atoms with van der Waals surface area (Å²) in [5, 5.41) is 18.6. The van der Waals surface area contributed by atoms with E-state index in [0.29, 0.717) is 0 Å². The minimum atomic E-state index is -0.151. The SMILES string of the molecule is C=CC.C=CC.CC(C)(c1ccc(O)cc1)c1ccc(O)cc1. The molecule has 0 heterocycles. The molecular weight excluding hydrogens is 284 g/mol. The zero-order chi connectivity index (χ0) is 17.9. The van der Waals surface area contributed by atoms with Crippen molar-refractivity contribution >= 4 is 0 Å². The van der Waals surface area contributed by atoms with Crippen molar-refractivity contribution in [1.29, 1.82) is 0 Å². The minimum Gasteiger partial charge on any atom is -0.508 e. The van der Waals surface area contributed by atoms with Gasteiger partial charge in [-0.25, -0.2) is 0 Å². The molecule has 0 unspecified atom stereocenters. The topological polar surface area (TPSA) is 40.5 Å². The summed E-state index contributed by atoms with van der Waals surface area (Å²) < 4.78 is 0. The maximum Gasteiger partial charge on any atom is 0.115 e. The fraction of sp³-hybridized carbons (Fsp3) is 0.238. The summed E-state index contributed by atoms with van der Waals surface area (Å²) >= 11 is 0. The van der Waals surface area contributed by atoms with Gasteiger partial charge in [0.1, 0.15) is 11.5 Å². The van der Waals surface area contributed by atoms with Crippen molar-refractivity contribution in [1.82, 2.24) is 0 Å². The number of hydrogen-bond acceptors (Lipinski definition) is 2. The summed E-state index contributed by atoms with van der Waals surface area (Å²) in [5.74, 6) is 0.547. The first-order valence-electron chi connectivity index (χ1n) is 7.56. The van der Waals surface area contributed by atoms with Crippen LogP contribution in [0, 0.1) is 0 Å². The number of phenols is 2. The molecule has 2 heteroatoms. The Bertz CT molecular complexity index is 525. The molecule has 124 valence electrons. The normalized spacial score (nSPS) is 9.57. The molecular formula is C21H28O2. The first-order chi connectivity index (χ1) is 10.8. The largest absolute Gasteiger partial charge is 0.508 e. The van der Waals surface area contributed by atoms with Crippen LogP contribution in [0.4, 0.5) is 0 Å². The van der Waals surface area contributed by atoms with Crippen molar-refractivity contribution in [2.75, 3.05) is 0 Å². The van der Waals surface area contributed by atoms with Crippen molar-refractivity contribution in [3.8, 4) is 11.5 Å². The molecule has 0 aliphatic rings. The van der Waals surface area contributed by atoms with Crippen LogP contribution < -0.4 is 0 Å². The van der Waals surface area contributed by atoms with Gasteiger partial charge in [-0.2, -0.15) is 0 Å². The van der Waals surface area contributed by atoms with Crippen LogP contribution in [0.15, 0.2) is 73.8 Å². The fourth-order valence-electron chi connectivity index (χ4n) is 1.92. The molecule has 2 aromatic carbocycles. The molecule has 0 saturated heterocycles. The van der Waals surface area contributed by atoms with E-state index in [2.05, 4.69) is 27.0 Å². The van der Waals surface area contributed by atoms with Crippen LogP contribution in [-0.2, 0) is 5.41 Å². The highest BCUT2D eigenvalue weighted by atomic mass is 16.3. The average Bonchev–Trinajstić information content (AvgIpc) is 2.50. The van der Waals surface area contributed by atoms with E-state index in [1.54, 1.807) is 36.4 Å². The van der Waals surface area contributed by atoms with E-state index < -0.39 is 0 Å². The van der Waals surface area contributed by atoms with Gasteiger partial charge in [0.25, 0.3) is 0 Å². The third-order valence-electron chi connectivity index (χ3n) is 3.18. The van der Waals surface area contributed by atoms with Gasteiger partial charge < -0.3 is 10.2 Å². The monoisotopic (exact) mass is 312 g/mol. The summed E-state index contributed by atoms with van der Waals surface area (Å²) in [6.07, 6.45) is 3.50. The molecule has 0 fully saturated rings. The van der Waals surface area contributed by atoms with Gasteiger partial charge >= 0.3 is 0 Å². The second-order valence-corrected chi connectivity index (χ2v) is 5.54. The van der Waals surface area contributed by atoms with E-state index in [1.807, 2.05) is 38.1 Å². The Labute approximate surface area is 140 Å². The predicted molar refractivity (Wildman–Crippen MR) is 100 cm³/mol. The molecule has 0 aliphatic heterocycles. The Balaban J connectivity index is 0.000000704. The van der Waals surface area contributed by atoms with Crippen molar-refractivity contribution in [3.63, 3.8) is 0 Å². The van der Waals surface area contributed by atoms with Gasteiger partial charge in [0, 0.05) is 5.41 Å². The van der Waals surface area contributed by atoms with E-state index >= 15 is 0 Å². The second-order valence-electron chi connectivity index (χ2n) is 5.54. The molecule has 0 aliphatic carbocycles. The number of rotatable bonds is 2. The van der Waals surface area contributed by atoms with Gasteiger partial charge in [0.15, 0.2) is 0 Å². The molecule has 0 spiro atoms. The number of allylic oxidation sites excluding steroid dienone is 2. The van der Waals surface area contributed by atoms with Gasteiger partial charge in [-0.05, 0) is 49.2 Å². The molecule has 0 saturated carbocycles. The highest BCUT2D eigenvalue weighted by Gasteiger charge is 2.22. The smallest absolute Gasteiger partial charge is 0.115 e. The lowest BCUT2D eigenvalue weighted by atomic mass is 9.78. The zero-order valence-corrected chi connectivity index (χ0v) is 14.6. The number of hydrogen-bond donors (Lipinski definition) is 2. The van der Waals surface area contributed by atoms with Gasteiger partial charge in [0.05, 0.1) is 0 Å². The molecule has 0 aromatic heterocycles. The lowest BCUT2D eigenvalue weighted by Crippen LogP contribution is -2.18. The Hall–Kier alpha value is -2.48. The van der Waals surface area contributed by atoms with Crippen LogP contribution in [-0.4, -0.2) is 10.2 Å². The molecule has 0 amide bonds. The first kappa shape index (κ1) is 20.5. The van der Waals surface area contributed by atoms with E-state index in [1.165, 1.54) is 0 Å². The molecule has 23 heavy (non-hydrogen) atoms. The van der Waals surface area contributed by atoms with Crippen molar-refractivity contribution < 1.29 is 10.2 Å². The second kappa shape index (κ2) is 10.3. The van der Waals surface area contributed by atoms with Crippen molar-refractivity contribution in [2.45, 2.75) is 33.1 Å².